The van der Waals surface area contributed by atoms with Gasteiger partial charge in [-0.25, -0.2) is 0 Å². The van der Waals surface area contributed by atoms with E-state index in [4.69, 9.17) is 4.74 Å². The van der Waals surface area contributed by atoms with Gasteiger partial charge in [-0.1, -0.05) is 18.2 Å². The average Bonchev–Trinajstić information content (AvgIpc) is 3.11. The fourth-order valence-corrected chi connectivity index (χ4v) is 3.28. The predicted molar refractivity (Wildman–Crippen MR) is 72.4 cm³/mol. The molecule has 1 aromatic carbocycles. The van der Waals surface area contributed by atoms with Crippen LogP contribution in [0.1, 0.15) is 23.3 Å². The van der Waals surface area contributed by atoms with Crippen LogP contribution in [0.25, 0.3) is 10.1 Å². The Morgan fingerprint density at radius 3 is 2.94 bits per heavy atom. The van der Waals surface area contributed by atoms with E-state index in [0.717, 1.165) is 12.6 Å². The Balaban J connectivity index is 1.92. The summed E-state index contributed by atoms with van der Waals surface area (Å²) in [6.45, 7) is 1.70. The summed E-state index contributed by atoms with van der Waals surface area (Å²) >= 11 is 1.89. The van der Waals surface area contributed by atoms with E-state index in [1.807, 2.05) is 11.3 Å². The first kappa shape index (κ1) is 11.2. The zero-order chi connectivity index (χ0) is 11.7. The lowest BCUT2D eigenvalue weighted by molar-refractivity contribution is 0.185. The zero-order valence-corrected chi connectivity index (χ0v) is 10.8. The van der Waals surface area contributed by atoms with Gasteiger partial charge in [-0.15, -0.1) is 11.3 Å². The molecule has 2 aromatic rings. The highest BCUT2D eigenvalue weighted by atomic mass is 32.1. The molecule has 1 aromatic heterocycles. The maximum atomic E-state index is 5.34. The first-order chi connectivity index (χ1) is 8.38. The Labute approximate surface area is 106 Å². The lowest BCUT2D eigenvalue weighted by Crippen LogP contribution is -2.15. The van der Waals surface area contributed by atoms with E-state index in [2.05, 4.69) is 29.6 Å². The number of rotatable bonds is 5. The molecule has 17 heavy (non-hydrogen) atoms. The quantitative estimate of drug-likeness (QED) is 0.875. The van der Waals surface area contributed by atoms with Crippen LogP contribution < -0.4 is 5.32 Å². The van der Waals surface area contributed by atoms with Crippen molar-refractivity contribution in [3.63, 3.8) is 0 Å². The van der Waals surface area contributed by atoms with Crippen molar-refractivity contribution < 1.29 is 4.74 Å². The van der Waals surface area contributed by atoms with E-state index < -0.39 is 0 Å². The molecule has 3 rings (SSSR count). The number of benzene rings is 1. The van der Waals surface area contributed by atoms with Crippen LogP contribution in [-0.4, -0.2) is 13.2 Å². The normalized spacial score (nSPS) is 15.6. The highest BCUT2D eigenvalue weighted by Gasteiger charge is 2.21. The van der Waals surface area contributed by atoms with E-state index in [1.54, 1.807) is 7.11 Å². The summed E-state index contributed by atoms with van der Waals surface area (Å²) in [6, 6.07) is 9.36. The van der Waals surface area contributed by atoms with Crippen LogP contribution in [0, 0.1) is 0 Å². The maximum absolute atomic E-state index is 5.34. The number of fused-ring (bicyclic) bond motifs is 1. The molecular weight excluding hydrogens is 230 g/mol. The molecule has 1 aliphatic carbocycles. The van der Waals surface area contributed by atoms with Gasteiger partial charge in [0.1, 0.15) is 0 Å². The number of hydrogen-bond acceptors (Lipinski definition) is 3. The molecule has 0 radical (unpaired) electrons. The molecule has 3 heteroatoms. The number of hydrogen-bond donors (Lipinski definition) is 1. The predicted octanol–water partition coefficient (Wildman–Crippen LogP) is 3.30. The first-order valence-corrected chi connectivity index (χ1v) is 6.91. The second-order valence-corrected chi connectivity index (χ2v) is 5.72. The molecule has 0 atom stereocenters. The van der Waals surface area contributed by atoms with Crippen LogP contribution in [0.3, 0.4) is 0 Å². The molecule has 0 amide bonds. The zero-order valence-electron chi connectivity index (χ0n) is 10.0. The molecule has 1 aliphatic rings. The largest absolute Gasteiger partial charge is 0.380 e. The summed E-state index contributed by atoms with van der Waals surface area (Å²) < 4.78 is 6.70. The summed E-state index contributed by atoms with van der Waals surface area (Å²) in [4.78, 5) is 1.43. The van der Waals surface area contributed by atoms with E-state index >= 15 is 0 Å². The molecule has 1 saturated carbocycles. The van der Waals surface area contributed by atoms with Crippen LogP contribution in [0.5, 0.6) is 0 Å². The topological polar surface area (TPSA) is 21.3 Å². The van der Waals surface area contributed by atoms with Crippen molar-refractivity contribution in [1.29, 1.82) is 0 Å². The van der Waals surface area contributed by atoms with Gasteiger partial charge >= 0.3 is 0 Å². The molecule has 0 spiro atoms. The van der Waals surface area contributed by atoms with Crippen molar-refractivity contribution in [2.45, 2.75) is 32.0 Å². The average molecular weight is 247 g/mol. The summed E-state index contributed by atoms with van der Waals surface area (Å²) in [7, 11) is 1.77. The maximum Gasteiger partial charge on any atom is 0.0730 e. The molecule has 2 nitrogen and oxygen atoms in total. The molecule has 0 saturated heterocycles. The van der Waals surface area contributed by atoms with Gasteiger partial charge in [0.25, 0.3) is 0 Å². The summed E-state index contributed by atoms with van der Waals surface area (Å²) in [5.41, 5.74) is 1.36. The highest BCUT2D eigenvalue weighted by Crippen LogP contribution is 2.32. The van der Waals surface area contributed by atoms with Crippen molar-refractivity contribution in [2.24, 2.45) is 0 Å². The molecule has 1 N–H and O–H groups in total. The molecular formula is C14H17NOS. The van der Waals surface area contributed by atoms with Crippen LogP contribution >= 0.6 is 11.3 Å². The van der Waals surface area contributed by atoms with Crippen LogP contribution in [0.4, 0.5) is 0 Å². The third kappa shape index (κ3) is 2.37. The minimum absolute atomic E-state index is 0.714. The van der Waals surface area contributed by atoms with Gasteiger partial charge in [0.2, 0.25) is 0 Å². The van der Waals surface area contributed by atoms with Crippen molar-refractivity contribution in [1.82, 2.24) is 5.32 Å². The van der Waals surface area contributed by atoms with Gasteiger partial charge in [0.05, 0.1) is 6.61 Å². The van der Waals surface area contributed by atoms with E-state index in [0.29, 0.717) is 6.61 Å². The smallest absolute Gasteiger partial charge is 0.0730 e. The number of thiophene rings is 1. The lowest BCUT2D eigenvalue weighted by atomic mass is 10.1. The van der Waals surface area contributed by atoms with E-state index in [9.17, 15) is 0 Å². The second-order valence-electron chi connectivity index (χ2n) is 4.59. The summed E-state index contributed by atoms with van der Waals surface area (Å²) in [5.74, 6) is 0. The summed E-state index contributed by atoms with van der Waals surface area (Å²) in [5, 5.41) is 4.94. The monoisotopic (exact) mass is 247 g/mol. The third-order valence-corrected chi connectivity index (χ3v) is 4.41. The Bertz CT molecular complexity index is 516. The molecule has 0 unspecified atom stereocenters. The van der Waals surface area contributed by atoms with Crippen LogP contribution in [-0.2, 0) is 17.9 Å². The highest BCUT2D eigenvalue weighted by molar-refractivity contribution is 7.19. The number of nitrogens with one attached hydrogen (secondary N) is 1. The minimum atomic E-state index is 0.714. The minimum Gasteiger partial charge on any atom is -0.380 e. The molecule has 1 heterocycles. The molecule has 0 bridgehead atoms. The van der Waals surface area contributed by atoms with Crippen molar-refractivity contribution in [3.05, 3.63) is 34.7 Å². The molecule has 0 aliphatic heterocycles. The van der Waals surface area contributed by atoms with Crippen molar-refractivity contribution >= 4 is 21.4 Å². The van der Waals surface area contributed by atoms with E-state index in [1.165, 1.54) is 33.4 Å². The first-order valence-electron chi connectivity index (χ1n) is 6.10. The number of ether oxygens (including phenoxy) is 1. The van der Waals surface area contributed by atoms with Gasteiger partial charge < -0.3 is 10.1 Å². The molecule has 1 fully saturated rings. The van der Waals surface area contributed by atoms with Gasteiger partial charge in [0.15, 0.2) is 0 Å². The number of methoxy groups -OCH3 is 1. The summed E-state index contributed by atoms with van der Waals surface area (Å²) in [6.07, 6.45) is 2.68. The standard InChI is InChI=1S/C14H17NOS/c1-16-9-12-11-4-2-3-5-13(11)17-14(12)8-15-10-6-7-10/h2-5,10,15H,6-9H2,1H3. The fraction of sp³-hybridized carbons (Fsp3) is 0.429. The third-order valence-electron chi connectivity index (χ3n) is 3.20. The Hall–Kier alpha value is -0.900. The Morgan fingerprint density at radius 2 is 2.18 bits per heavy atom. The van der Waals surface area contributed by atoms with Crippen LogP contribution in [0.15, 0.2) is 24.3 Å². The SMILES string of the molecule is COCc1c(CNC2CC2)sc2ccccc12. The van der Waals surface area contributed by atoms with Gasteiger partial charge in [0, 0.05) is 34.8 Å². The van der Waals surface area contributed by atoms with Crippen molar-refractivity contribution in [2.75, 3.05) is 7.11 Å². The Morgan fingerprint density at radius 1 is 1.35 bits per heavy atom. The Kier molecular flexibility index (Phi) is 3.14. The van der Waals surface area contributed by atoms with Gasteiger partial charge in [-0.05, 0) is 24.3 Å². The van der Waals surface area contributed by atoms with Crippen molar-refractivity contribution in [3.8, 4) is 0 Å². The second kappa shape index (κ2) is 4.77. The molecule has 90 valence electrons. The van der Waals surface area contributed by atoms with Crippen LogP contribution in [0.2, 0.25) is 0 Å². The van der Waals surface area contributed by atoms with Gasteiger partial charge in [-0.2, -0.15) is 0 Å². The lowest BCUT2D eigenvalue weighted by Gasteiger charge is -2.04. The van der Waals surface area contributed by atoms with E-state index in [-0.39, 0.29) is 0 Å². The fourth-order valence-electron chi connectivity index (χ4n) is 2.12. The van der Waals surface area contributed by atoms with Gasteiger partial charge in [-0.3, -0.25) is 0 Å².